The van der Waals surface area contributed by atoms with Gasteiger partial charge in [0.15, 0.2) is 0 Å². The van der Waals surface area contributed by atoms with E-state index in [9.17, 15) is 9.59 Å². The zero-order valence-corrected chi connectivity index (χ0v) is 18.2. The van der Waals surface area contributed by atoms with Crippen molar-refractivity contribution in [1.29, 1.82) is 0 Å². The number of carbonyl (C=O) groups excluding carboxylic acids is 2. The molecular weight excluding hydrogens is 418 g/mol. The molecule has 6 rings (SSSR count). The third-order valence-corrected chi connectivity index (χ3v) is 6.71. The van der Waals surface area contributed by atoms with Crippen LogP contribution in [0, 0.1) is 0 Å². The summed E-state index contributed by atoms with van der Waals surface area (Å²) in [5.41, 5.74) is 3.64. The van der Waals surface area contributed by atoms with Crippen LogP contribution < -0.4 is 15.4 Å². The Labute approximate surface area is 190 Å². The first-order valence-electron chi connectivity index (χ1n) is 11.1. The number of nitrogens with zero attached hydrogens (tertiary/aromatic N) is 1. The molecule has 0 aliphatic carbocycles. The number of nitrogens with one attached hydrogen (secondary N) is 2. The first kappa shape index (κ1) is 19.8. The quantitative estimate of drug-likeness (QED) is 0.470. The van der Waals surface area contributed by atoms with Gasteiger partial charge in [0.05, 0.1) is 29.9 Å². The predicted octanol–water partition coefficient (Wildman–Crippen LogP) is 3.89. The van der Waals surface area contributed by atoms with E-state index < -0.39 is 11.8 Å². The first-order chi connectivity index (χ1) is 16.2. The number of para-hydroxylation sites is 1. The van der Waals surface area contributed by atoms with Gasteiger partial charge < -0.3 is 19.0 Å². The van der Waals surface area contributed by atoms with E-state index in [1.54, 1.807) is 31.6 Å². The van der Waals surface area contributed by atoms with Gasteiger partial charge in [-0.25, -0.2) is 0 Å². The maximum Gasteiger partial charge on any atom is 0.259 e. The van der Waals surface area contributed by atoms with Gasteiger partial charge >= 0.3 is 0 Å². The van der Waals surface area contributed by atoms with Gasteiger partial charge in [0.25, 0.3) is 11.8 Å². The lowest BCUT2D eigenvalue weighted by Crippen LogP contribution is -2.29. The van der Waals surface area contributed by atoms with E-state index in [0.29, 0.717) is 34.1 Å². The van der Waals surface area contributed by atoms with Gasteiger partial charge in [-0.3, -0.25) is 14.9 Å². The molecule has 2 N–H and O–H groups in total. The van der Waals surface area contributed by atoms with E-state index in [4.69, 9.17) is 9.15 Å². The molecule has 4 aromatic rings. The second-order valence-corrected chi connectivity index (χ2v) is 8.46. The molecule has 2 aliphatic rings. The van der Waals surface area contributed by atoms with Gasteiger partial charge in [0.1, 0.15) is 11.3 Å². The first-order valence-corrected chi connectivity index (χ1v) is 11.1. The van der Waals surface area contributed by atoms with Crippen molar-refractivity contribution in [3.05, 3.63) is 66.1 Å². The lowest BCUT2D eigenvalue weighted by molar-refractivity contribution is -0.122. The summed E-state index contributed by atoms with van der Waals surface area (Å²) in [7, 11) is 1.59. The minimum Gasteiger partial charge on any atom is -0.496 e. The molecular formula is C26H23N3O4. The fourth-order valence-corrected chi connectivity index (χ4v) is 5.17. The Bertz CT molecular complexity index is 1450. The van der Waals surface area contributed by atoms with E-state index in [-0.39, 0.29) is 0 Å². The Hall–Kier alpha value is -3.84. The number of aromatic nitrogens is 1. The normalized spacial score (nSPS) is 17.4. The second-order valence-electron chi connectivity index (χ2n) is 8.46. The van der Waals surface area contributed by atoms with Crippen LogP contribution in [0.4, 0.5) is 0 Å². The van der Waals surface area contributed by atoms with E-state index >= 15 is 0 Å². The molecule has 4 heterocycles. The highest BCUT2D eigenvalue weighted by Crippen LogP contribution is 2.41. The van der Waals surface area contributed by atoms with Crippen LogP contribution in [0.1, 0.15) is 30.0 Å². The van der Waals surface area contributed by atoms with E-state index in [1.807, 2.05) is 24.4 Å². The van der Waals surface area contributed by atoms with Crippen molar-refractivity contribution < 1.29 is 18.7 Å². The molecule has 1 saturated heterocycles. The van der Waals surface area contributed by atoms with Gasteiger partial charge in [-0.05, 0) is 50.2 Å². The number of piperidine rings is 1. The van der Waals surface area contributed by atoms with Crippen LogP contribution in [-0.2, 0) is 9.59 Å². The summed E-state index contributed by atoms with van der Waals surface area (Å²) < 4.78 is 13.4. The van der Waals surface area contributed by atoms with Crippen LogP contribution in [0.15, 0.2) is 59.3 Å². The average Bonchev–Trinajstić information content (AvgIpc) is 3.55. The summed E-state index contributed by atoms with van der Waals surface area (Å²) >= 11 is 0. The molecule has 2 aromatic heterocycles. The predicted molar refractivity (Wildman–Crippen MR) is 126 cm³/mol. The summed E-state index contributed by atoms with van der Waals surface area (Å²) in [5, 5.41) is 7.63. The third-order valence-electron chi connectivity index (χ3n) is 6.71. The summed E-state index contributed by atoms with van der Waals surface area (Å²) in [4.78, 5) is 26.2. The topological polar surface area (TPSA) is 85.5 Å². The Morgan fingerprint density at radius 3 is 2.48 bits per heavy atom. The van der Waals surface area contributed by atoms with Crippen molar-refractivity contribution in [3.8, 4) is 5.75 Å². The maximum absolute atomic E-state index is 13.1. The van der Waals surface area contributed by atoms with E-state index in [0.717, 1.165) is 47.8 Å². The van der Waals surface area contributed by atoms with Gasteiger partial charge in [0, 0.05) is 34.3 Å². The van der Waals surface area contributed by atoms with Crippen molar-refractivity contribution >= 4 is 44.8 Å². The Balaban J connectivity index is 1.62. The smallest absolute Gasteiger partial charge is 0.259 e. The number of furan rings is 1. The zero-order chi connectivity index (χ0) is 22.5. The van der Waals surface area contributed by atoms with Crippen molar-refractivity contribution in [2.24, 2.45) is 0 Å². The van der Waals surface area contributed by atoms with Crippen molar-refractivity contribution in [2.75, 3.05) is 20.2 Å². The SMILES string of the molecule is COc1ccc(C2=C(c3cn(C4CCNCC4)c4ccccc34)C(=O)NC2=O)c2occc12. The van der Waals surface area contributed by atoms with Gasteiger partial charge in [-0.2, -0.15) is 0 Å². The Kier molecular flexibility index (Phi) is 4.58. The number of amides is 2. The molecule has 0 radical (unpaired) electrons. The second kappa shape index (κ2) is 7.64. The molecule has 2 aromatic carbocycles. The van der Waals surface area contributed by atoms with Crippen LogP contribution in [0.3, 0.4) is 0 Å². The summed E-state index contributed by atoms with van der Waals surface area (Å²) in [6.07, 6.45) is 5.63. The number of benzene rings is 2. The number of ether oxygens (including phenoxy) is 1. The molecule has 0 saturated carbocycles. The molecule has 2 aliphatic heterocycles. The molecule has 1 fully saturated rings. The molecule has 2 amide bonds. The molecule has 0 bridgehead atoms. The largest absolute Gasteiger partial charge is 0.496 e. The summed E-state index contributed by atoms with van der Waals surface area (Å²) in [6.45, 7) is 1.92. The van der Waals surface area contributed by atoms with Crippen molar-refractivity contribution in [2.45, 2.75) is 18.9 Å². The third kappa shape index (κ3) is 3.00. The summed E-state index contributed by atoms with van der Waals surface area (Å²) in [5.74, 6) is -0.160. The van der Waals surface area contributed by atoms with Crippen LogP contribution in [0.25, 0.3) is 33.0 Å². The Morgan fingerprint density at radius 2 is 1.70 bits per heavy atom. The van der Waals surface area contributed by atoms with Crippen LogP contribution >= 0.6 is 0 Å². The minimum atomic E-state index is -0.420. The van der Waals surface area contributed by atoms with Crippen LogP contribution in [0.2, 0.25) is 0 Å². The minimum absolute atomic E-state index is 0.329. The monoisotopic (exact) mass is 441 g/mol. The average molecular weight is 441 g/mol. The number of fused-ring (bicyclic) bond motifs is 2. The number of hydrogen-bond acceptors (Lipinski definition) is 5. The number of rotatable bonds is 4. The van der Waals surface area contributed by atoms with Crippen molar-refractivity contribution in [1.82, 2.24) is 15.2 Å². The number of imide groups is 1. The van der Waals surface area contributed by atoms with E-state index in [1.165, 1.54) is 0 Å². The van der Waals surface area contributed by atoms with Crippen LogP contribution in [0.5, 0.6) is 5.75 Å². The molecule has 0 spiro atoms. The number of methoxy groups -OCH3 is 1. The molecule has 33 heavy (non-hydrogen) atoms. The standard InChI is InChI=1S/C26H23N3O4/c1-32-21-7-6-18(24-17(21)10-13-33-24)22-23(26(31)28-25(22)30)19-14-29(15-8-11-27-12-9-15)20-5-3-2-4-16(19)20/h2-7,10,13-15,27H,8-9,11-12H2,1H3,(H,28,30,31). The molecule has 7 heteroatoms. The Morgan fingerprint density at radius 1 is 0.939 bits per heavy atom. The number of hydrogen-bond donors (Lipinski definition) is 2. The van der Waals surface area contributed by atoms with E-state index in [2.05, 4.69) is 21.3 Å². The van der Waals surface area contributed by atoms with Gasteiger partial charge in [-0.1, -0.05) is 18.2 Å². The maximum atomic E-state index is 13.1. The fraction of sp³-hybridized carbons (Fsp3) is 0.231. The highest BCUT2D eigenvalue weighted by molar-refractivity contribution is 6.50. The highest BCUT2D eigenvalue weighted by Gasteiger charge is 2.36. The van der Waals surface area contributed by atoms with Crippen LogP contribution in [-0.4, -0.2) is 36.6 Å². The molecule has 7 nitrogen and oxygen atoms in total. The zero-order valence-electron chi connectivity index (χ0n) is 18.2. The summed E-state index contributed by atoms with van der Waals surface area (Å²) in [6, 6.07) is 13.8. The lowest BCUT2D eigenvalue weighted by Gasteiger charge is -2.25. The van der Waals surface area contributed by atoms with Crippen molar-refractivity contribution in [3.63, 3.8) is 0 Å². The number of carbonyl (C=O) groups is 2. The van der Waals surface area contributed by atoms with Gasteiger partial charge in [0.2, 0.25) is 0 Å². The molecule has 0 unspecified atom stereocenters. The molecule has 0 atom stereocenters. The lowest BCUT2D eigenvalue weighted by atomic mass is 9.95. The van der Waals surface area contributed by atoms with Gasteiger partial charge in [-0.15, -0.1) is 0 Å². The molecule has 166 valence electrons. The highest BCUT2D eigenvalue weighted by atomic mass is 16.5. The fourth-order valence-electron chi connectivity index (χ4n) is 5.17.